The molecule has 0 bridgehead atoms. The number of allylic oxidation sites excluding steroid dienone is 2. The Morgan fingerprint density at radius 1 is 1.44 bits per heavy atom. The van der Waals surface area contributed by atoms with Gasteiger partial charge in [0.1, 0.15) is 0 Å². The summed E-state index contributed by atoms with van der Waals surface area (Å²) in [7, 11) is 0. The molecule has 3 heteroatoms. The Bertz CT molecular complexity index is 210. The zero-order chi connectivity index (χ0) is 11.9. The van der Waals surface area contributed by atoms with Crippen LogP contribution in [0.5, 0.6) is 0 Å². The van der Waals surface area contributed by atoms with E-state index in [-0.39, 0.29) is 0 Å². The quantitative estimate of drug-likeness (QED) is 0.532. The fourth-order valence-electron chi connectivity index (χ4n) is 1.81. The molecule has 0 radical (unpaired) electrons. The number of hydrogen-bond acceptors (Lipinski definition) is 3. The highest BCUT2D eigenvalue weighted by Crippen LogP contribution is 2.17. The summed E-state index contributed by atoms with van der Waals surface area (Å²) in [4.78, 5) is 0. The van der Waals surface area contributed by atoms with Gasteiger partial charge in [-0.15, -0.1) is 0 Å². The molecule has 16 heavy (non-hydrogen) atoms. The van der Waals surface area contributed by atoms with E-state index < -0.39 is 5.60 Å². The summed E-state index contributed by atoms with van der Waals surface area (Å²) in [6.45, 7) is 5.93. The maximum absolute atomic E-state index is 9.53. The SMILES string of the molecule is CC(C)(O)CSCCNC[C@H]1CC=CCC1. The average Bonchev–Trinajstić information content (AvgIpc) is 2.23. The highest BCUT2D eigenvalue weighted by atomic mass is 32.2. The van der Waals surface area contributed by atoms with Gasteiger partial charge in [0.05, 0.1) is 5.60 Å². The van der Waals surface area contributed by atoms with Crippen molar-refractivity contribution in [1.82, 2.24) is 5.32 Å². The van der Waals surface area contributed by atoms with Crippen LogP contribution in [0, 0.1) is 5.92 Å². The maximum atomic E-state index is 9.53. The summed E-state index contributed by atoms with van der Waals surface area (Å²) in [5.74, 6) is 2.75. The summed E-state index contributed by atoms with van der Waals surface area (Å²) in [5.41, 5.74) is -0.529. The van der Waals surface area contributed by atoms with Gasteiger partial charge in [-0.1, -0.05) is 12.2 Å². The molecule has 1 aliphatic rings. The monoisotopic (exact) mass is 243 g/mol. The van der Waals surface area contributed by atoms with E-state index in [1.165, 1.54) is 19.3 Å². The number of hydrogen-bond donors (Lipinski definition) is 2. The third-order valence-electron chi connectivity index (χ3n) is 2.69. The smallest absolute Gasteiger partial charge is 0.0681 e. The molecule has 2 nitrogen and oxygen atoms in total. The normalized spacial score (nSPS) is 21.3. The number of rotatable bonds is 7. The van der Waals surface area contributed by atoms with E-state index in [2.05, 4.69) is 17.5 Å². The lowest BCUT2D eigenvalue weighted by Gasteiger charge is -2.19. The Hall–Kier alpha value is 0.0100. The molecule has 0 saturated carbocycles. The predicted molar refractivity (Wildman–Crippen MR) is 73.0 cm³/mol. The van der Waals surface area contributed by atoms with E-state index in [1.54, 1.807) is 0 Å². The van der Waals surface area contributed by atoms with Crippen LogP contribution in [0.2, 0.25) is 0 Å². The summed E-state index contributed by atoms with van der Waals surface area (Å²) in [6, 6.07) is 0. The minimum atomic E-state index is -0.529. The molecule has 0 aliphatic heterocycles. The zero-order valence-corrected chi connectivity index (χ0v) is 11.4. The van der Waals surface area contributed by atoms with E-state index in [1.807, 2.05) is 25.6 Å². The molecule has 1 atom stereocenters. The number of thioether (sulfide) groups is 1. The van der Waals surface area contributed by atoms with Crippen LogP contribution in [0.1, 0.15) is 33.1 Å². The van der Waals surface area contributed by atoms with Crippen molar-refractivity contribution >= 4 is 11.8 Å². The fourth-order valence-corrected chi connectivity index (χ4v) is 2.75. The van der Waals surface area contributed by atoms with Crippen LogP contribution in [0.15, 0.2) is 12.2 Å². The molecule has 0 fully saturated rings. The highest BCUT2D eigenvalue weighted by Gasteiger charge is 2.12. The molecule has 0 amide bonds. The molecule has 94 valence electrons. The van der Waals surface area contributed by atoms with Crippen LogP contribution in [0.25, 0.3) is 0 Å². The fraction of sp³-hybridized carbons (Fsp3) is 0.846. The molecule has 1 aliphatic carbocycles. The second kappa shape index (κ2) is 7.36. The van der Waals surface area contributed by atoms with Crippen LogP contribution in [0.4, 0.5) is 0 Å². The average molecular weight is 243 g/mol. The minimum Gasteiger partial charge on any atom is -0.390 e. The lowest BCUT2D eigenvalue weighted by Crippen LogP contribution is -2.27. The van der Waals surface area contributed by atoms with Crippen LogP contribution in [-0.4, -0.2) is 35.3 Å². The Kier molecular flexibility index (Phi) is 6.47. The van der Waals surface area contributed by atoms with Crippen molar-refractivity contribution in [3.63, 3.8) is 0 Å². The minimum absolute atomic E-state index is 0.529. The zero-order valence-electron chi connectivity index (χ0n) is 10.5. The van der Waals surface area contributed by atoms with Gasteiger partial charge in [0.2, 0.25) is 0 Å². The van der Waals surface area contributed by atoms with Crippen molar-refractivity contribution in [2.75, 3.05) is 24.6 Å². The molecule has 0 spiro atoms. The van der Waals surface area contributed by atoms with Crippen LogP contribution < -0.4 is 5.32 Å². The second-order valence-corrected chi connectivity index (χ2v) is 6.32. The van der Waals surface area contributed by atoms with Crippen LogP contribution in [-0.2, 0) is 0 Å². The van der Waals surface area contributed by atoms with Gasteiger partial charge >= 0.3 is 0 Å². The number of nitrogens with one attached hydrogen (secondary N) is 1. The molecule has 0 aromatic heterocycles. The van der Waals surface area contributed by atoms with Gasteiger partial charge in [0.15, 0.2) is 0 Å². The van der Waals surface area contributed by atoms with Crippen molar-refractivity contribution in [2.24, 2.45) is 5.92 Å². The third kappa shape index (κ3) is 7.31. The Labute approximate surface area is 104 Å². The molecule has 1 rings (SSSR count). The van der Waals surface area contributed by atoms with Crippen LogP contribution in [0.3, 0.4) is 0 Å². The van der Waals surface area contributed by atoms with E-state index >= 15 is 0 Å². The van der Waals surface area contributed by atoms with Crippen LogP contribution >= 0.6 is 11.8 Å². The first-order valence-corrected chi connectivity index (χ1v) is 7.39. The first-order chi connectivity index (χ1) is 7.58. The van der Waals surface area contributed by atoms with Gasteiger partial charge in [-0.05, 0) is 45.6 Å². The van der Waals surface area contributed by atoms with Crippen molar-refractivity contribution in [3.8, 4) is 0 Å². The Morgan fingerprint density at radius 3 is 2.88 bits per heavy atom. The molecule has 0 aromatic carbocycles. The molecular weight excluding hydrogens is 218 g/mol. The summed E-state index contributed by atoms with van der Waals surface area (Å²) < 4.78 is 0. The van der Waals surface area contributed by atoms with Gasteiger partial charge in [-0.25, -0.2) is 0 Å². The maximum Gasteiger partial charge on any atom is 0.0681 e. The topological polar surface area (TPSA) is 32.3 Å². The largest absolute Gasteiger partial charge is 0.390 e. The third-order valence-corrected chi connectivity index (χ3v) is 4.09. The second-order valence-electron chi connectivity index (χ2n) is 5.22. The summed E-state index contributed by atoms with van der Waals surface area (Å²) >= 11 is 1.82. The van der Waals surface area contributed by atoms with Crippen molar-refractivity contribution < 1.29 is 5.11 Å². The molecule has 0 heterocycles. The van der Waals surface area contributed by atoms with Gasteiger partial charge in [0.25, 0.3) is 0 Å². The lowest BCUT2D eigenvalue weighted by molar-refractivity contribution is 0.107. The molecule has 2 N–H and O–H groups in total. The first kappa shape index (κ1) is 14.1. The van der Waals surface area contributed by atoms with Gasteiger partial charge in [-0.3, -0.25) is 0 Å². The molecule has 0 saturated heterocycles. The van der Waals surface area contributed by atoms with Gasteiger partial charge in [0, 0.05) is 18.1 Å². The lowest BCUT2D eigenvalue weighted by atomic mass is 9.94. The van der Waals surface area contributed by atoms with Crippen molar-refractivity contribution in [2.45, 2.75) is 38.7 Å². The van der Waals surface area contributed by atoms with E-state index in [4.69, 9.17) is 0 Å². The van der Waals surface area contributed by atoms with Gasteiger partial charge in [-0.2, -0.15) is 11.8 Å². The predicted octanol–water partition coefficient (Wildman–Crippen LogP) is 2.44. The number of aliphatic hydroxyl groups is 1. The Morgan fingerprint density at radius 2 is 2.25 bits per heavy atom. The van der Waals surface area contributed by atoms with Crippen molar-refractivity contribution in [3.05, 3.63) is 12.2 Å². The first-order valence-electron chi connectivity index (χ1n) is 6.24. The summed E-state index contributed by atoms with van der Waals surface area (Å²) in [6.07, 6.45) is 8.42. The standard InChI is InChI=1S/C13H25NOS/c1-13(2,15)11-16-9-8-14-10-12-6-4-3-5-7-12/h3-4,12,14-15H,5-11H2,1-2H3/t12-/m0/s1. The Balaban J connectivity index is 1.90. The molecule has 0 unspecified atom stereocenters. The van der Waals surface area contributed by atoms with E-state index in [9.17, 15) is 5.11 Å². The van der Waals surface area contributed by atoms with Gasteiger partial charge < -0.3 is 10.4 Å². The molecular formula is C13H25NOS. The van der Waals surface area contributed by atoms with Crippen molar-refractivity contribution in [1.29, 1.82) is 0 Å². The summed E-state index contributed by atoms with van der Waals surface area (Å²) in [5, 5.41) is 13.0. The highest BCUT2D eigenvalue weighted by molar-refractivity contribution is 7.99. The molecule has 0 aromatic rings. The van der Waals surface area contributed by atoms with E-state index in [0.29, 0.717) is 0 Å². The van der Waals surface area contributed by atoms with E-state index in [0.717, 1.165) is 30.5 Å².